The van der Waals surface area contributed by atoms with E-state index in [1.165, 1.54) is 33.2 Å². The summed E-state index contributed by atoms with van der Waals surface area (Å²) in [5.41, 5.74) is 4.60. The highest BCUT2D eigenvalue weighted by Gasteiger charge is 2.22. The number of hydrogen-bond acceptors (Lipinski definition) is 3. The Labute approximate surface area is 222 Å². The molecule has 0 bridgehead atoms. The lowest BCUT2D eigenvalue weighted by Crippen LogP contribution is -2.29. The van der Waals surface area contributed by atoms with Gasteiger partial charge < -0.3 is 10.1 Å². The molecule has 0 radical (unpaired) electrons. The lowest BCUT2D eigenvalue weighted by Gasteiger charge is -2.22. The van der Waals surface area contributed by atoms with Crippen LogP contribution in [0.2, 0.25) is 10.0 Å². The van der Waals surface area contributed by atoms with Gasteiger partial charge in [-0.15, -0.1) is 0 Å². The molecule has 2 aliphatic carbocycles. The highest BCUT2D eigenvalue weighted by molar-refractivity contribution is 6.32. The van der Waals surface area contributed by atoms with E-state index in [2.05, 4.69) is 29.6 Å². The quantitative estimate of drug-likeness (QED) is 0.444. The number of rotatable bonds is 6. The molecular formula is C31H31Cl2NO2. The number of carbonyl (C=O) groups excluding carboxylic acids is 1. The maximum Gasteiger partial charge on any atom is 0.175 e. The number of fused-ring (bicyclic) bond motifs is 4. The Bertz CT molecular complexity index is 1570. The fraction of sp³-hybridized carbons (Fsp3) is 0.323. The van der Waals surface area contributed by atoms with Gasteiger partial charge >= 0.3 is 0 Å². The number of halogens is 2. The van der Waals surface area contributed by atoms with Crippen molar-refractivity contribution in [3.63, 3.8) is 0 Å². The van der Waals surface area contributed by atoms with E-state index in [4.69, 9.17) is 27.9 Å². The molecule has 0 fully saturated rings. The summed E-state index contributed by atoms with van der Waals surface area (Å²) in [7, 11) is 0. The summed E-state index contributed by atoms with van der Waals surface area (Å²) in [6.45, 7) is 6.27. The molecule has 0 amide bonds. The van der Waals surface area contributed by atoms with Gasteiger partial charge in [0.2, 0.25) is 0 Å². The van der Waals surface area contributed by atoms with E-state index >= 15 is 0 Å². The van der Waals surface area contributed by atoms with Crippen molar-refractivity contribution in [3.8, 4) is 5.75 Å². The summed E-state index contributed by atoms with van der Waals surface area (Å²) in [6, 6.07) is 16.4. The summed E-state index contributed by atoms with van der Waals surface area (Å²) in [5, 5.41) is 9.86. The average molecular weight is 521 g/mol. The van der Waals surface area contributed by atoms with Gasteiger partial charge in [-0.2, -0.15) is 0 Å². The molecule has 0 saturated heterocycles. The van der Waals surface area contributed by atoms with E-state index in [1.54, 1.807) is 0 Å². The highest BCUT2D eigenvalue weighted by Crippen LogP contribution is 2.27. The van der Waals surface area contributed by atoms with E-state index in [9.17, 15) is 4.79 Å². The Morgan fingerprint density at radius 2 is 1.83 bits per heavy atom. The summed E-state index contributed by atoms with van der Waals surface area (Å²) >= 11 is 13.2. The monoisotopic (exact) mass is 519 g/mol. The summed E-state index contributed by atoms with van der Waals surface area (Å²) < 4.78 is 5.70. The lowest BCUT2D eigenvalue weighted by atomic mass is 9.87. The summed E-state index contributed by atoms with van der Waals surface area (Å²) in [5.74, 6) is 0.558. The number of carbonyl (C=O) groups is 1. The van der Waals surface area contributed by atoms with Crippen LogP contribution in [0.15, 0.2) is 48.5 Å². The lowest BCUT2D eigenvalue weighted by molar-refractivity contribution is -0.128. The van der Waals surface area contributed by atoms with Crippen LogP contribution >= 0.6 is 23.2 Å². The van der Waals surface area contributed by atoms with Crippen LogP contribution in [0.3, 0.4) is 0 Å². The van der Waals surface area contributed by atoms with Crippen LogP contribution in [-0.2, 0) is 24.2 Å². The van der Waals surface area contributed by atoms with E-state index in [1.807, 2.05) is 51.1 Å². The van der Waals surface area contributed by atoms with Gasteiger partial charge in [0.1, 0.15) is 12.4 Å². The second-order valence-corrected chi connectivity index (χ2v) is 11.5. The molecule has 0 heterocycles. The average Bonchev–Trinajstić information content (AvgIpc) is 2.85. The zero-order chi connectivity index (χ0) is 25.4. The Balaban J connectivity index is 1.43. The minimum atomic E-state index is -0.443. The minimum absolute atomic E-state index is 0.00911. The Morgan fingerprint density at radius 3 is 2.61 bits per heavy atom. The molecule has 1 N–H and O–H groups in total. The van der Waals surface area contributed by atoms with Gasteiger partial charge in [0.05, 0.1) is 10.0 Å². The fourth-order valence-electron chi connectivity index (χ4n) is 5.00. The Kier molecular flexibility index (Phi) is 6.89. The fourth-order valence-corrected chi connectivity index (χ4v) is 5.55. The van der Waals surface area contributed by atoms with Gasteiger partial charge in [0.25, 0.3) is 0 Å². The molecule has 186 valence electrons. The molecule has 5 rings (SSSR count). The molecule has 0 aliphatic heterocycles. The number of Topliss-reactive ketones (excluding diaryl/α,β-unsaturated/α-hetero) is 1. The van der Waals surface area contributed by atoms with Crippen LogP contribution in [0.5, 0.6) is 5.75 Å². The molecule has 3 aromatic carbocycles. The Hall–Kier alpha value is -2.75. The molecular weight excluding hydrogens is 489 g/mol. The predicted octanol–water partition coefficient (Wildman–Crippen LogP) is 5.85. The van der Waals surface area contributed by atoms with Gasteiger partial charge in [-0.3, -0.25) is 4.79 Å². The van der Waals surface area contributed by atoms with E-state index in [-0.39, 0.29) is 12.4 Å². The van der Waals surface area contributed by atoms with Crippen molar-refractivity contribution in [1.29, 1.82) is 0 Å². The van der Waals surface area contributed by atoms with Crippen molar-refractivity contribution < 1.29 is 9.53 Å². The molecule has 36 heavy (non-hydrogen) atoms. The van der Waals surface area contributed by atoms with Crippen LogP contribution in [0.4, 0.5) is 0 Å². The van der Waals surface area contributed by atoms with Crippen molar-refractivity contribution in [2.75, 3.05) is 6.61 Å². The molecule has 0 aromatic heterocycles. The highest BCUT2D eigenvalue weighted by atomic mass is 35.5. The van der Waals surface area contributed by atoms with Crippen molar-refractivity contribution >= 4 is 40.8 Å². The summed E-state index contributed by atoms with van der Waals surface area (Å²) in [6.07, 6.45) is 6.65. The maximum atomic E-state index is 12.2. The van der Waals surface area contributed by atoms with E-state index < -0.39 is 5.41 Å². The first kappa shape index (κ1) is 24.9. The third kappa shape index (κ3) is 4.92. The molecule has 0 saturated carbocycles. The third-order valence-electron chi connectivity index (χ3n) is 7.12. The number of nitrogens with one attached hydrogen (secondary N) is 1. The first-order valence-corrected chi connectivity index (χ1v) is 13.3. The minimum Gasteiger partial charge on any atom is -0.484 e. The SMILES string of the molecule is CC(C)(C)C(=O)COc1ccc(CNC2=c3c(Cl)cccc3=c3ccc4c(c3C2)CCCC=4)cc1Cl. The zero-order valence-electron chi connectivity index (χ0n) is 21.0. The molecule has 3 aromatic rings. The van der Waals surface area contributed by atoms with Crippen molar-refractivity contribution in [2.45, 2.75) is 53.0 Å². The number of ether oxygens (including phenoxy) is 1. The molecule has 5 heteroatoms. The van der Waals surface area contributed by atoms with Crippen LogP contribution < -0.4 is 20.5 Å². The van der Waals surface area contributed by atoms with E-state index in [0.717, 1.165) is 40.8 Å². The number of benzene rings is 3. The number of ketones is 1. The second-order valence-electron chi connectivity index (χ2n) is 10.7. The maximum absolute atomic E-state index is 12.2. The zero-order valence-corrected chi connectivity index (χ0v) is 22.5. The first-order valence-electron chi connectivity index (χ1n) is 12.5. The molecule has 0 atom stereocenters. The van der Waals surface area contributed by atoms with Gasteiger partial charge in [0, 0.05) is 29.3 Å². The van der Waals surface area contributed by atoms with Crippen molar-refractivity contribution in [3.05, 3.63) is 96.1 Å². The third-order valence-corrected chi connectivity index (χ3v) is 7.73. The number of hydrogen-bond donors (Lipinski definition) is 1. The van der Waals surface area contributed by atoms with Crippen LogP contribution in [0, 0.1) is 15.9 Å². The van der Waals surface area contributed by atoms with Crippen molar-refractivity contribution in [1.82, 2.24) is 5.32 Å². The van der Waals surface area contributed by atoms with Crippen LogP contribution in [0.1, 0.15) is 50.3 Å². The first-order chi connectivity index (χ1) is 17.2. The standard InChI is InChI=1S/C31H31Cl2NO2/c1-31(2,3)29(35)18-36-28-14-11-19(15-26(28)33)17-34-27-16-24-21-8-5-4-7-20(21)12-13-22(24)23-9-6-10-25(32)30(23)27/h6-7,9-15,34H,4-5,8,16-18H2,1-3H3. The smallest absolute Gasteiger partial charge is 0.175 e. The van der Waals surface area contributed by atoms with E-state index in [0.29, 0.717) is 17.3 Å². The van der Waals surface area contributed by atoms with Crippen molar-refractivity contribution in [2.24, 2.45) is 5.41 Å². The van der Waals surface area contributed by atoms with Gasteiger partial charge in [0.15, 0.2) is 5.78 Å². The Morgan fingerprint density at radius 1 is 1.00 bits per heavy atom. The topological polar surface area (TPSA) is 38.3 Å². The van der Waals surface area contributed by atoms with Crippen LogP contribution in [-0.4, -0.2) is 12.4 Å². The molecule has 2 aliphatic rings. The van der Waals surface area contributed by atoms with Gasteiger partial charge in [-0.25, -0.2) is 0 Å². The largest absolute Gasteiger partial charge is 0.484 e. The summed E-state index contributed by atoms with van der Waals surface area (Å²) in [4.78, 5) is 12.2. The molecule has 0 unspecified atom stereocenters. The molecule has 3 nitrogen and oxygen atoms in total. The van der Waals surface area contributed by atoms with Crippen LogP contribution in [0.25, 0.3) is 11.8 Å². The van der Waals surface area contributed by atoms with Gasteiger partial charge in [-0.1, -0.05) is 80.4 Å². The predicted molar refractivity (Wildman–Crippen MR) is 148 cm³/mol. The second kappa shape index (κ2) is 9.95. The normalized spacial score (nSPS) is 14.3. The van der Waals surface area contributed by atoms with Gasteiger partial charge in [-0.05, 0) is 69.8 Å². The molecule has 0 spiro atoms.